The number of nitrogens with zero attached hydrogens (tertiary/aromatic N) is 3. The average molecular weight is 434 g/mol. The molecule has 30 heavy (non-hydrogen) atoms. The molecule has 5 nitrogen and oxygen atoms in total. The zero-order chi connectivity index (χ0) is 21.1. The Morgan fingerprint density at radius 3 is 2.77 bits per heavy atom. The molecule has 1 aromatic carbocycles. The van der Waals surface area contributed by atoms with Gasteiger partial charge in [0.2, 0.25) is 0 Å². The summed E-state index contributed by atoms with van der Waals surface area (Å²) >= 11 is 1.75. The van der Waals surface area contributed by atoms with E-state index in [1.165, 1.54) is 11.1 Å². The SMILES string of the molecule is CC(C)c1nc(N2CCOC3(CCN(Cc4ccc(F)c(CCO)c4)CC3)C2)cs1. The van der Waals surface area contributed by atoms with Crippen molar-refractivity contribution in [1.82, 2.24) is 9.88 Å². The topological polar surface area (TPSA) is 48.8 Å². The lowest BCUT2D eigenvalue weighted by molar-refractivity contribution is -0.0922. The van der Waals surface area contributed by atoms with E-state index in [1.54, 1.807) is 11.3 Å². The lowest BCUT2D eigenvalue weighted by Crippen LogP contribution is -2.57. The van der Waals surface area contributed by atoms with E-state index >= 15 is 0 Å². The van der Waals surface area contributed by atoms with Crippen molar-refractivity contribution in [2.24, 2.45) is 0 Å². The van der Waals surface area contributed by atoms with Gasteiger partial charge in [0.15, 0.2) is 0 Å². The Morgan fingerprint density at radius 1 is 1.27 bits per heavy atom. The number of hydrogen-bond donors (Lipinski definition) is 1. The van der Waals surface area contributed by atoms with Crippen LogP contribution < -0.4 is 4.90 Å². The lowest BCUT2D eigenvalue weighted by Gasteiger charge is -2.47. The van der Waals surface area contributed by atoms with Gasteiger partial charge in [-0.3, -0.25) is 4.90 Å². The molecule has 0 amide bonds. The van der Waals surface area contributed by atoms with E-state index in [1.807, 2.05) is 12.1 Å². The van der Waals surface area contributed by atoms with Gasteiger partial charge in [-0.1, -0.05) is 26.0 Å². The number of aliphatic hydroxyl groups is 1. The van der Waals surface area contributed by atoms with Crippen molar-refractivity contribution in [3.8, 4) is 0 Å². The first kappa shape index (κ1) is 21.7. The monoisotopic (exact) mass is 433 g/mol. The highest BCUT2D eigenvalue weighted by Crippen LogP contribution is 2.34. The Morgan fingerprint density at radius 2 is 2.07 bits per heavy atom. The molecule has 0 unspecified atom stereocenters. The van der Waals surface area contributed by atoms with Gasteiger partial charge in [-0.15, -0.1) is 11.3 Å². The zero-order valence-electron chi connectivity index (χ0n) is 17.9. The summed E-state index contributed by atoms with van der Waals surface area (Å²) in [5.41, 5.74) is 1.60. The van der Waals surface area contributed by atoms with Crippen LogP contribution in [0.3, 0.4) is 0 Å². The summed E-state index contributed by atoms with van der Waals surface area (Å²) in [7, 11) is 0. The molecular weight excluding hydrogens is 401 g/mol. The summed E-state index contributed by atoms with van der Waals surface area (Å²) in [6.07, 6.45) is 2.35. The molecule has 2 aliphatic heterocycles. The van der Waals surface area contributed by atoms with Crippen molar-refractivity contribution >= 4 is 17.2 Å². The molecule has 1 aromatic heterocycles. The molecule has 3 heterocycles. The minimum atomic E-state index is -0.233. The van der Waals surface area contributed by atoms with Crippen molar-refractivity contribution in [3.63, 3.8) is 0 Å². The standard InChI is InChI=1S/C23H32FN3O2S/c1-17(2)22-25-21(15-30-22)27-10-12-29-23(16-27)6-8-26(9-7-23)14-18-3-4-20(24)19(13-18)5-11-28/h3-4,13,15,17,28H,5-12,14,16H2,1-2H3. The number of thiazole rings is 1. The number of aliphatic hydroxyl groups excluding tert-OH is 1. The van der Waals surface area contributed by atoms with Crippen molar-refractivity contribution < 1.29 is 14.2 Å². The summed E-state index contributed by atoms with van der Waals surface area (Å²) in [6.45, 7) is 9.64. The molecule has 0 bridgehead atoms. The predicted molar refractivity (Wildman–Crippen MR) is 119 cm³/mol. The van der Waals surface area contributed by atoms with Crippen LogP contribution in [0, 0.1) is 5.82 Å². The number of anilines is 1. The molecule has 2 saturated heterocycles. The van der Waals surface area contributed by atoms with Gasteiger partial charge in [-0.05, 0) is 36.5 Å². The maximum Gasteiger partial charge on any atom is 0.140 e. The molecule has 0 radical (unpaired) electrons. The molecule has 7 heteroatoms. The van der Waals surface area contributed by atoms with Crippen LogP contribution in [0.4, 0.5) is 10.2 Å². The first-order chi connectivity index (χ1) is 14.5. The number of benzene rings is 1. The van der Waals surface area contributed by atoms with Gasteiger partial charge in [0.25, 0.3) is 0 Å². The summed E-state index contributed by atoms with van der Waals surface area (Å²) < 4.78 is 20.2. The van der Waals surface area contributed by atoms with Crippen LogP contribution in [-0.2, 0) is 17.7 Å². The summed E-state index contributed by atoms with van der Waals surface area (Å²) in [4.78, 5) is 9.65. The number of likely N-dealkylation sites (tertiary alicyclic amines) is 1. The zero-order valence-corrected chi connectivity index (χ0v) is 18.8. The lowest BCUT2D eigenvalue weighted by atomic mass is 9.89. The Kier molecular flexibility index (Phi) is 6.72. The highest BCUT2D eigenvalue weighted by Gasteiger charge is 2.40. The Bertz CT molecular complexity index is 849. The predicted octanol–water partition coefficient (Wildman–Crippen LogP) is 3.81. The molecule has 0 saturated carbocycles. The smallest absolute Gasteiger partial charge is 0.140 e. The van der Waals surface area contributed by atoms with E-state index in [-0.39, 0.29) is 18.0 Å². The Labute approximate surface area is 182 Å². The molecule has 0 atom stereocenters. The maximum atomic E-state index is 13.8. The van der Waals surface area contributed by atoms with Gasteiger partial charge in [-0.2, -0.15) is 0 Å². The first-order valence-corrected chi connectivity index (χ1v) is 11.8. The normalized spacial score (nSPS) is 19.7. The van der Waals surface area contributed by atoms with Gasteiger partial charge >= 0.3 is 0 Å². The summed E-state index contributed by atoms with van der Waals surface area (Å²) in [5.74, 6) is 1.33. The fourth-order valence-corrected chi connectivity index (χ4v) is 5.29. The molecule has 164 valence electrons. The molecule has 2 aliphatic rings. The first-order valence-electron chi connectivity index (χ1n) is 10.9. The number of hydrogen-bond acceptors (Lipinski definition) is 6. The molecule has 2 fully saturated rings. The minimum absolute atomic E-state index is 0.0297. The van der Waals surface area contributed by atoms with Crippen molar-refractivity contribution in [2.75, 3.05) is 44.3 Å². The number of piperidine rings is 1. The summed E-state index contributed by atoms with van der Waals surface area (Å²) in [6, 6.07) is 5.27. The second kappa shape index (κ2) is 9.30. The van der Waals surface area contributed by atoms with Crippen LogP contribution in [0.1, 0.15) is 48.7 Å². The van der Waals surface area contributed by atoms with E-state index in [0.29, 0.717) is 17.9 Å². The van der Waals surface area contributed by atoms with E-state index in [9.17, 15) is 4.39 Å². The van der Waals surface area contributed by atoms with Gasteiger partial charge < -0.3 is 14.7 Å². The van der Waals surface area contributed by atoms with Crippen LogP contribution >= 0.6 is 11.3 Å². The number of morpholine rings is 1. The second-order valence-electron chi connectivity index (χ2n) is 8.83. The molecule has 1 spiro atoms. The molecule has 0 aliphatic carbocycles. The molecule has 4 rings (SSSR count). The van der Waals surface area contributed by atoms with Gasteiger partial charge in [0.05, 0.1) is 17.2 Å². The van der Waals surface area contributed by atoms with Crippen LogP contribution in [0.5, 0.6) is 0 Å². The van der Waals surface area contributed by atoms with Crippen molar-refractivity contribution in [2.45, 2.75) is 51.2 Å². The fourth-order valence-electron chi connectivity index (χ4n) is 4.45. The molecule has 2 aromatic rings. The number of halogens is 1. The third-order valence-electron chi connectivity index (χ3n) is 6.24. The number of aromatic nitrogens is 1. The van der Waals surface area contributed by atoms with Crippen LogP contribution in [0.25, 0.3) is 0 Å². The van der Waals surface area contributed by atoms with E-state index in [4.69, 9.17) is 14.8 Å². The average Bonchev–Trinajstić information content (AvgIpc) is 3.24. The van der Waals surface area contributed by atoms with Gasteiger partial charge in [-0.25, -0.2) is 9.37 Å². The second-order valence-corrected chi connectivity index (χ2v) is 9.72. The Hall–Kier alpha value is -1.54. The largest absolute Gasteiger partial charge is 0.396 e. The van der Waals surface area contributed by atoms with E-state index in [2.05, 4.69) is 29.0 Å². The Balaban J connectivity index is 1.35. The fraction of sp³-hybridized carbons (Fsp3) is 0.609. The minimum Gasteiger partial charge on any atom is -0.396 e. The van der Waals surface area contributed by atoms with Crippen LogP contribution in [0.15, 0.2) is 23.6 Å². The molecular formula is C23H32FN3O2S. The maximum absolute atomic E-state index is 13.8. The quantitative estimate of drug-likeness (QED) is 0.751. The third kappa shape index (κ3) is 4.85. The van der Waals surface area contributed by atoms with Crippen LogP contribution in [-0.4, -0.2) is 60.0 Å². The van der Waals surface area contributed by atoms with Crippen molar-refractivity contribution in [1.29, 1.82) is 0 Å². The summed E-state index contributed by atoms with van der Waals surface area (Å²) in [5, 5.41) is 12.5. The number of ether oxygens (including phenoxy) is 1. The number of rotatable bonds is 6. The van der Waals surface area contributed by atoms with Crippen LogP contribution in [0.2, 0.25) is 0 Å². The highest BCUT2D eigenvalue weighted by molar-refractivity contribution is 7.10. The molecule has 1 N–H and O–H groups in total. The van der Waals surface area contributed by atoms with E-state index in [0.717, 1.165) is 63.6 Å². The van der Waals surface area contributed by atoms with Gasteiger partial charge in [0, 0.05) is 50.6 Å². The van der Waals surface area contributed by atoms with Gasteiger partial charge in [0.1, 0.15) is 11.6 Å². The third-order valence-corrected chi connectivity index (χ3v) is 7.37. The highest BCUT2D eigenvalue weighted by atomic mass is 32.1. The van der Waals surface area contributed by atoms with Crippen molar-refractivity contribution in [3.05, 3.63) is 45.5 Å². The van der Waals surface area contributed by atoms with E-state index < -0.39 is 0 Å².